The van der Waals surface area contributed by atoms with E-state index in [1.54, 1.807) is 11.8 Å². The minimum Gasteiger partial charge on any atom is -0.793 e. The van der Waals surface area contributed by atoms with Gasteiger partial charge in [-0.25, -0.2) is 0 Å². The molecule has 0 atom stereocenters. The normalized spacial score (nSPS) is 11.4. The molecule has 0 heterocycles. The van der Waals surface area contributed by atoms with Crippen LogP contribution in [-0.4, -0.2) is 26.4 Å². The Hall–Kier alpha value is 1.87. The molecule has 0 N–H and O–H groups in total. The molecule has 0 unspecified atom stereocenters. The van der Waals surface area contributed by atoms with Gasteiger partial charge in [-0.2, -0.15) is 5.75 Å². The predicted molar refractivity (Wildman–Crippen MR) is 116 cm³/mol. The Labute approximate surface area is 195 Å². The van der Waals surface area contributed by atoms with Gasteiger partial charge in [0, 0.05) is 21.7 Å². The van der Waals surface area contributed by atoms with Gasteiger partial charge in [-0.3, -0.25) is 0 Å². The smallest absolute Gasteiger partial charge is 0.793 e. The maximum Gasteiger partial charge on any atom is 1.00 e. The Morgan fingerprint density at radius 3 is 2.29 bits per heavy atom. The minimum atomic E-state index is -1.59. The Morgan fingerprint density at radius 2 is 1.83 bits per heavy atom. The fraction of sp³-hybridized carbons (Fsp3) is 0.647. The molecule has 0 aromatic heterocycles. The molecule has 1 aromatic carbocycles. The molecule has 0 aliphatic heterocycles. The van der Waals surface area contributed by atoms with Gasteiger partial charge in [-0.1, -0.05) is 55.2 Å². The van der Waals surface area contributed by atoms with Crippen LogP contribution in [0.1, 0.15) is 34.1 Å². The van der Waals surface area contributed by atoms with Crippen molar-refractivity contribution in [2.75, 3.05) is 18.1 Å². The van der Waals surface area contributed by atoms with E-state index in [0.29, 0.717) is 0 Å². The molecule has 0 saturated heterocycles. The second-order valence-corrected chi connectivity index (χ2v) is 14.5. The van der Waals surface area contributed by atoms with Crippen molar-refractivity contribution in [2.24, 2.45) is 0 Å². The zero-order chi connectivity index (χ0) is 18.1. The number of benzene rings is 1. The predicted octanol–water partition coefficient (Wildman–Crippen LogP) is 4.16. The maximum absolute atomic E-state index is 6.20. The van der Waals surface area contributed by atoms with Crippen molar-refractivity contribution in [2.45, 2.75) is 57.1 Å². The number of hydrogen-bond acceptors (Lipinski definition) is 3. The third kappa shape index (κ3) is 11.6. The van der Waals surface area contributed by atoms with Crippen LogP contribution in [0.3, 0.4) is 0 Å². The van der Waals surface area contributed by atoms with Gasteiger partial charge in [-0.15, -0.1) is 11.8 Å². The van der Waals surface area contributed by atoms with E-state index in [9.17, 15) is 0 Å². The van der Waals surface area contributed by atoms with E-state index < -0.39 is 8.32 Å². The van der Waals surface area contributed by atoms with Gasteiger partial charge < -0.3 is 17.1 Å². The van der Waals surface area contributed by atoms with Crippen LogP contribution in [0, 0.1) is 0 Å². The molecule has 24 heavy (non-hydrogen) atoms. The number of thioether (sulfide) groups is 1. The van der Waals surface area contributed by atoms with Gasteiger partial charge in [0.2, 0.25) is 0 Å². The van der Waals surface area contributed by atoms with E-state index in [4.69, 9.17) is 16.0 Å². The van der Waals surface area contributed by atoms with Crippen molar-refractivity contribution >= 4 is 60.2 Å². The molecule has 0 bridgehead atoms. The molecule has 1 aromatic rings. The summed E-state index contributed by atoms with van der Waals surface area (Å²) < 4.78 is 7.19. The molecule has 0 radical (unpaired) electrons. The SMILES string of the molecule is CC(C)(C)[Si](C)(C)OCCCSc1ccc(Br)cc1Cl.CC[S-].[Na+]. The van der Waals surface area contributed by atoms with Crippen LogP contribution >= 0.6 is 39.3 Å². The number of halogens is 2. The molecule has 0 spiro atoms. The molecule has 134 valence electrons. The van der Waals surface area contributed by atoms with E-state index >= 15 is 0 Å². The van der Waals surface area contributed by atoms with Crippen molar-refractivity contribution in [1.29, 1.82) is 0 Å². The first kappa shape index (κ1) is 28.1. The molecule has 0 aliphatic rings. The second kappa shape index (κ2) is 13.9. The van der Waals surface area contributed by atoms with Gasteiger partial charge in [0.15, 0.2) is 8.32 Å². The summed E-state index contributed by atoms with van der Waals surface area (Å²) in [5, 5.41) is 1.10. The topological polar surface area (TPSA) is 9.23 Å². The summed E-state index contributed by atoms with van der Waals surface area (Å²) in [5.74, 6) is 1.87. The van der Waals surface area contributed by atoms with Crippen molar-refractivity contribution in [3.63, 3.8) is 0 Å². The van der Waals surface area contributed by atoms with Gasteiger partial charge in [0.05, 0.1) is 5.02 Å². The largest absolute Gasteiger partial charge is 1.00 e. The Balaban J connectivity index is 0. The molecule has 7 heteroatoms. The standard InChI is InChI=1S/C15H24BrClOSSi.C2H6S.Na/c1-15(2,3)20(4,5)18-9-6-10-19-14-8-7-12(16)11-13(14)17;1-2-3;/h7-8,11H,6,9-10H2,1-5H3;3H,2H2,1H3;/q;;+1/p-1. The third-order valence-electron chi connectivity index (χ3n) is 3.71. The molecular weight excluding hydrogens is 451 g/mol. The summed E-state index contributed by atoms with van der Waals surface area (Å²) in [6.45, 7) is 14.2. The third-order valence-corrected chi connectivity index (χ3v) is 10.3. The summed E-state index contributed by atoms with van der Waals surface area (Å²) in [5.41, 5.74) is 0. The van der Waals surface area contributed by atoms with E-state index in [2.05, 4.69) is 68.5 Å². The summed E-state index contributed by atoms with van der Waals surface area (Å²) in [7, 11) is -1.59. The van der Waals surface area contributed by atoms with Crippen molar-refractivity contribution in [3.8, 4) is 0 Å². The van der Waals surface area contributed by atoms with E-state index in [0.717, 1.165) is 38.9 Å². The zero-order valence-electron chi connectivity index (χ0n) is 16.0. The molecule has 1 rings (SSSR count). The van der Waals surface area contributed by atoms with Crippen molar-refractivity contribution in [3.05, 3.63) is 27.7 Å². The fourth-order valence-corrected chi connectivity index (χ4v) is 4.15. The molecule has 0 saturated carbocycles. The van der Waals surface area contributed by atoms with Crippen LogP contribution in [0.2, 0.25) is 23.2 Å². The van der Waals surface area contributed by atoms with Crippen molar-refractivity contribution < 1.29 is 34.0 Å². The second-order valence-electron chi connectivity index (χ2n) is 6.67. The first-order chi connectivity index (χ1) is 10.5. The average molecular weight is 480 g/mol. The van der Waals surface area contributed by atoms with E-state index in [-0.39, 0.29) is 34.6 Å². The molecule has 0 amide bonds. The van der Waals surface area contributed by atoms with Gasteiger partial charge in [-0.05, 0) is 42.8 Å². The monoisotopic (exact) mass is 478 g/mol. The summed E-state index contributed by atoms with van der Waals surface area (Å²) in [6.07, 6.45) is 1.06. The number of rotatable bonds is 6. The van der Waals surface area contributed by atoms with Gasteiger partial charge in [0.1, 0.15) is 0 Å². The van der Waals surface area contributed by atoms with Crippen LogP contribution in [-0.2, 0) is 17.1 Å². The zero-order valence-corrected chi connectivity index (χ0v) is 23.0. The van der Waals surface area contributed by atoms with E-state index in [1.807, 2.05) is 19.1 Å². The van der Waals surface area contributed by atoms with Crippen LogP contribution in [0.15, 0.2) is 27.6 Å². The Morgan fingerprint density at radius 1 is 1.29 bits per heavy atom. The molecular formula is C17H29BrClNaOS2Si. The van der Waals surface area contributed by atoms with E-state index in [1.165, 1.54) is 0 Å². The van der Waals surface area contributed by atoms with Crippen LogP contribution in [0.25, 0.3) is 0 Å². The average Bonchev–Trinajstić information content (AvgIpc) is 2.40. The first-order valence-electron chi connectivity index (χ1n) is 7.85. The number of hydrogen-bond donors (Lipinski definition) is 0. The molecule has 1 nitrogen and oxygen atoms in total. The quantitative estimate of drug-likeness (QED) is 0.262. The molecule has 0 aliphatic carbocycles. The molecule has 0 fully saturated rings. The summed E-state index contributed by atoms with van der Waals surface area (Å²) >= 11 is 15.8. The van der Waals surface area contributed by atoms with Crippen molar-refractivity contribution in [1.82, 2.24) is 0 Å². The summed E-state index contributed by atoms with van der Waals surface area (Å²) in [6, 6.07) is 6.03. The Bertz CT molecular complexity index is 470. The van der Waals surface area contributed by atoms with Crippen LogP contribution < -0.4 is 29.6 Å². The fourth-order valence-electron chi connectivity index (χ4n) is 1.38. The van der Waals surface area contributed by atoms with Crippen LogP contribution in [0.5, 0.6) is 0 Å². The van der Waals surface area contributed by atoms with Crippen LogP contribution in [0.4, 0.5) is 0 Å². The summed E-state index contributed by atoms with van der Waals surface area (Å²) in [4.78, 5) is 1.14. The van der Waals surface area contributed by atoms with Gasteiger partial charge in [0.25, 0.3) is 0 Å². The minimum absolute atomic E-state index is 0. The van der Waals surface area contributed by atoms with Gasteiger partial charge >= 0.3 is 29.6 Å². The first-order valence-corrected chi connectivity index (χ1v) is 13.5. The Kier molecular flexibility index (Phi) is 16.3. The maximum atomic E-state index is 6.20.